The second-order valence-corrected chi connectivity index (χ2v) is 11.6. The summed E-state index contributed by atoms with van der Waals surface area (Å²) < 4.78 is 76.6. The number of esters is 1. The average Bonchev–Trinajstić information content (AvgIpc) is 3.54. The molecule has 2 saturated heterocycles. The molecule has 0 spiro atoms. The van der Waals surface area contributed by atoms with Crippen molar-refractivity contribution in [2.75, 3.05) is 19.8 Å². The summed E-state index contributed by atoms with van der Waals surface area (Å²) in [6.45, 7) is 0.167. The summed E-state index contributed by atoms with van der Waals surface area (Å²) in [7, 11) is -5.03. The Labute approximate surface area is 256 Å². The standard InChI is InChI=1S/C25H28F2N5O13P/c1-12-9-32(25(38)30-22(12)36)18-8-14(42-13(2)34)16(43-18)11-41-46(39,40-7-3-5-28)45-20-19(21(26)27)15(10-33)44-23(20)31-6-4-17(35)29-24(31)37/h4,6,9,14-16,18,20,23,33H,3,7-8,10-11H2,1-2H3,(H,29,35,37)(H,30,36,38)/t14-,15+,16+,18+,20+,23+,46?/m0/s1. The number of aliphatic hydroxyl groups excluding tert-OH is 1. The van der Waals surface area contributed by atoms with Gasteiger partial charge in [-0.3, -0.25) is 47.1 Å². The van der Waals surface area contributed by atoms with Crippen molar-refractivity contribution in [3.05, 3.63) is 77.4 Å². The molecule has 7 atom stereocenters. The van der Waals surface area contributed by atoms with Crippen LogP contribution in [0, 0.1) is 18.3 Å². The van der Waals surface area contributed by atoms with Crippen LogP contribution in [0.3, 0.4) is 0 Å². The molecule has 21 heteroatoms. The average molecular weight is 675 g/mol. The molecule has 4 heterocycles. The lowest BCUT2D eigenvalue weighted by Crippen LogP contribution is -2.36. The largest absolute Gasteiger partial charge is 0.475 e. The van der Waals surface area contributed by atoms with Crippen molar-refractivity contribution in [1.82, 2.24) is 19.1 Å². The van der Waals surface area contributed by atoms with E-state index in [1.807, 2.05) is 4.98 Å². The molecule has 0 saturated carbocycles. The minimum atomic E-state index is -5.03. The first-order valence-electron chi connectivity index (χ1n) is 13.5. The fraction of sp³-hybridized carbons (Fsp3) is 0.520. The highest BCUT2D eigenvalue weighted by atomic mass is 31.2. The number of carbonyl (C=O) groups excluding carboxylic acids is 1. The Kier molecular flexibility index (Phi) is 11.0. The first-order chi connectivity index (χ1) is 21.8. The number of aromatic amines is 2. The van der Waals surface area contributed by atoms with E-state index in [1.54, 1.807) is 6.07 Å². The zero-order valence-corrected chi connectivity index (χ0v) is 25.0. The predicted molar refractivity (Wildman–Crippen MR) is 146 cm³/mol. The molecule has 250 valence electrons. The number of phosphoric acid groups is 1. The third kappa shape index (κ3) is 7.82. The van der Waals surface area contributed by atoms with Crippen molar-refractivity contribution in [2.24, 2.45) is 0 Å². The van der Waals surface area contributed by atoms with Crippen LogP contribution in [0.5, 0.6) is 0 Å². The SMILES string of the molecule is CC(=O)O[C@H]1C[C@H](n2cc(C)c(=O)[nH]c2=O)O[C@@H]1COP(=O)(OCCC#N)O[C@@H]1C(=C(F)F)[C@@H](CO)O[C@H]1n1ccc(=O)[nH]c1=O. The molecule has 46 heavy (non-hydrogen) atoms. The van der Waals surface area contributed by atoms with Gasteiger partial charge in [0.2, 0.25) is 0 Å². The molecule has 0 amide bonds. The predicted octanol–water partition coefficient (Wildman–Crippen LogP) is 0.0949. The minimum Gasteiger partial charge on any atom is -0.460 e. The molecule has 4 rings (SSSR count). The maximum atomic E-state index is 14.2. The van der Waals surface area contributed by atoms with Crippen molar-refractivity contribution in [1.29, 1.82) is 5.26 Å². The number of carbonyl (C=O) groups is 1. The van der Waals surface area contributed by atoms with Gasteiger partial charge in [0, 0.05) is 37.4 Å². The van der Waals surface area contributed by atoms with E-state index >= 15 is 0 Å². The monoisotopic (exact) mass is 675 g/mol. The molecule has 0 aliphatic carbocycles. The quantitative estimate of drug-likeness (QED) is 0.154. The van der Waals surface area contributed by atoms with Crippen molar-refractivity contribution in [3.63, 3.8) is 0 Å². The summed E-state index contributed by atoms with van der Waals surface area (Å²) in [6.07, 6.45) is -9.96. The van der Waals surface area contributed by atoms with Gasteiger partial charge >= 0.3 is 25.2 Å². The normalized spacial score (nSPS) is 25.6. The highest BCUT2D eigenvalue weighted by Gasteiger charge is 2.50. The lowest BCUT2D eigenvalue weighted by Gasteiger charge is -2.26. The fourth-order valence-corrected chi connectivity index (χ4v) is 6.07. The van der Waals surface area contributed by atoms with Crippen LogP contribution in [0.15, 0.2) is 49.3 Å². The molecule has 0 radical (unpaired) electrons. The summed E-state index contributed by atoms with van der Waals surface area (Å²) in [5.41, 5.74) is -4.27. The Hall–Kier alpha value is -4.09. The Balaban J connectivity index is 1.65. The van der Waals surface area contributed by atoms with Crippen molar-refractivity contribution >= 4 is 13.8 Å². The molecule has 3 N–H and O–H groups in total. The summed E-state index contributed by atoms with van der Waals surface area (Å²) >= 11 is 0. The van der Waals surface area contributed by atoms with Gasteiger partial charge in [-0.15, -0.1) is 0 Å². The summed E-state index contributed by atoms with van der Waals surface area (Å²) in [5, 5.41) is 18.7. The van der Waals surface area contributed by atoms with Crippen LogP contribution in [-0.2, 0) is 37.1 Å². The molecule has 0 bridgehead atoms. The molecule has 2 aromatic rings. The van der Waals surface area contributed by atoms with Crippen LogP contribution in [-0.4, -0.2) is 74.4 Å². The van der Waals surface area contributed by atoms with Crippen LogP contribution in [0.4, 0.5) is 8.78 Å². The van der Waals surface area contributed by atoms with Gasteiger partial charge in [-0.2, -0.15) is 14.0 Å². The van der Waals surface area contributed by atoms with E-state index in [4.69, 9.17) is 33.0 Å². The van der Waals surface area contributed by atoms with E-state index in [1.165, 1.54) is 13.1 Å². The third-order valence-corrected chi connectivity index (χ3v) is 8.23. The maximum Gasteiger partial charge on any atom is 0.475 e. The number of rotatable bonds is 12. The minimum absolute atomic E-state index is 0.134. The van der Waals surface area contributed by atoms with Crippen LogP contribution >= 0.6 is 7.82 Å². The zero-order valence-electron chi connectivity index (χ0n) is 24.1. The van der Waals surface area contributed by atoms with Crippen molar-refractivity contribution in [2.45, 2.75) is 63.6 Å². The van der Waals surface area contributed by atoms with E-state index in [2.05, 4.69) is 4.98 Å². The maximum absolute atomic E-state index is 14.2. The Morgan fingerprint density at radius 3 is 2.52 bits per heavy atom. The second-order valence-electron chi connectivity index (χ2n) is 9.93. The third-order valence-electron chi connectivity index (χ3n) is 6.78. The number of nitrogens with one attached hydrogen (secondary N) is 2. The number of nitriles is 1. The Morgan fingerprint density at radius 2 is 1.89 bits per heavy atom. The van der Waals surface area contributed by atoms with E-state index in [0.717, 1.165) is 23.8 Å². The Morgan fingerprint density at radius 1 is 1.17 bits per heavy atom. The molecule has 2 aromatic heterocycles. The number of hydrogen-bond acceptors (Lipinski definition) is 14. The van der Waals surface area contributed by atoms with Gasteiger partial charge in [0.15, 0.2) is 6.23 Å². The zero-order chi connectivity index (χ0) is 33.8. The first-order valence-corrected chi connectivity index (χ1v) is 14.9. The van der Waals surface area contributed by atoms with E-state index < -0.39 is 105 Å². The van der Waals surface area contributed by atoms with Crippen LogP contribution < -0.4 is 22.5 Å². The van der Waals surface area contributed by atoms with Crippen LogP contribution in [0.1, 0.15) is 37.8 Å². The van der Waals surface area contributed by atoms with Crippen LogP contribution in [0.25, 0.3) is 0 Å². The highest BCUT2D eigenvalue weighted by Crippen LogP contribution is 2.55. The van der Waals surface area contributed by atoms with Gasteiger partial charge in [0.05, 0.1) is 37.9 Å². The van der Waals surface area contributed by atoms with E-state index in [9.17, 15) is 42.4 Å². The fourth-order valence-electron chi connectivity index (χ4n) is 4.73. The van der Waals surface area contributed by atoms with Crippen molar-refractivity contribution in [3.8, 4) is 6.07 Å². The number of aliphatic hydroxyl groups is 1. The Bertz CT molecular complexity index is 1810. The number of aryl methyl sites for hydroxylation is 1. The molecule has 1 unspecified atom stereocenters. The molecular formula is C25H28F2N5O13P. The number of hydrogen-bond donors (Lipinski definition) is 3. The van der Waals surface area contributed by atoms with Gasteiger partial charge in [-0.1, -0.05) is 0 Å². The van der Waals surface area contributed by atoms with Gasteiger partial charge in [0.1, 0.15) is 30.6 Å². The molecule has 0 aromatic carbocycles. The number of ether oxygens (including phenoxy) is 3. The topological polar surface area (TPSA) is 243 Å². The number of phosphoric ester groups is 1. The molecule has 18 nitrogen and oxygen atoms in total. The van der Waals surface area contributed by atoms with Gasteiger partial charge in [-0.25, -0.2) is 14.2 Å². The number of H-pyrrole nitrogens is 2. The molecule has 2 aliphatic rings. The smallest absolute Gasteiger partial charge is 0.460 e. The molecule has 2 fully saturated rings. The van der Waals surface area contributed by atoms with Gasteiger partial charge in [-0.05, 0) is 6.92 Å². The number of aromatic nitrogens is 4. The van der Waals surface area contributed by atoms with E-state index in [-0.39, 0.29) is 18.4 Å². The van der Waals surface area contributed by atoms with E-state index in [0.29, 0.717) is 4.57 Å². The van der Waals surface area contributed by atoms with Crippen LogP contribution in [0.2, 0.25) is 0 Å². The van der Waals surface area contributed by atoms with Gasteiger partial charge < -0.3 is 19.3 Å². The number of halogens is 2. The van der Waals surface area contributed by atoms with Gasteiger partial charge in [0.25, 0.3) is 17.2 Å². The number of nitrogens with zero attached hydrogens (tertiary/aromatic N) is 3. The first kappa shape index (κ1) is 34.8. The summed E-state index contributed by atoms with van der Waals surface area (Å²) in [5.74, 6) is -0.755. The molecule has 2 aliphatic heterocycles. The lowest BCUT2D eigenvalue weighted by atomic mass is 10.1. The molecular weight excluding hydrogens is 647 g/mol. The lowest BCUT2D eigenvalue weighted by molar-refractivity contribution is -0.150. The summed E-state index contributed by atoms with van der Waals surface area (Å²) in [6, 6.07) is 2.60. The second kappa shape index (κ2) is 14.6. The highest BCUT2D eigenvalue weighted by molar-refractivity contribution is 7.48. The summed E-state index contributed by atoms with van der Waals surface area (Å²) in [4.78, 5) is 64.1. The van der Waals surface area contributed by atoms with Crippen molar-refractivity contribution < 1.29 is 51.0 Å².